The second kappa shape index (κ2) is 10.7. The van der Waals surface area contributed by atoms with Gasteiger partial charge in [0.2, 0.25) is 0 Å². The molecule has 0 saturated carbocycles. The van der Waals surface area contributed by atoms with Crippen LogP contribution in [0, 0.1) is 5.92 Å². The van der Waals surface area contributed by atoms with Crippen LogP contribution < -0.4 is 16.0 Å². The molecule has 3 atom stereocenters. The van der Waals surface area contributed by atoms with E-state index in [0.717, 1.165) is 36.3 Å². The molecule has 6 nitrogen and oxygen atoms in total. The fourth-order valence-electron chi connectivity index (χ4n) is 3.83. The molecule has 0 aromatic heterocycles. The number of anilines is 1. The summed E-state index contributed by atoms with van der Waals surface area (Å²) >= 11 is 4.52. The zero-order valence-corrected chi connectivity index (χ0v) is 18.9. The van der Waals surface area contributed by atoms with E-state index in [9.17, 15) is 14.7 Å². The van der Waals surface area contributed by atoms with E-state index in [-0.39, 0.29) is 11.8 Å². The average Bonchev–Trinajstić information content (AvgIpc) is 3.17. The summed E-state index contributed by atoms with van der Waals surface area (Å²) in [6, 6.07) is 14.7. The molecular formula is C24H31N3O3S. The number of nitrogens with one attached hydrogen (secondary N) is 3. The van der Waals surface area contributed by atoms with Crippen molar-refractivity contribution in [2.45, 2.75) is 44.0 Å². The van der Waals surface area contributed by atoms with Gasteiger partial charge in [0.1, 0.15) is 6.04 Å². The maximum Gasteiger partial charge on any atom is 0.326 e. The Morgan fingerprint density at radius 2 is 1.94 bits per heavy atom. The lowest BCUT2D eigenvalue weighted by Crippen LogP contribution is -2.41. The lowest BCUT2D eigenvalue weighted by molar-refractivity contribution is -0.139. The Labute approximate surface area is 189 Å². The van der Waals surface area contributed by atoms with E-state index in [4.69, 9.17) is 0 Å². The molecule has 2 unspecified atom stereocenters. The van der Waals surface area contributed by atoms with Crippen molar-refractivity contribution in [2.24, 2.45) is 5.92 Å². The Hall–Kier alpha value is -2.51. The van der Waals surface area contributed by atoms with Crippen LogP contribution in [0.3, 0.4) is 0 Å². The van der Waals surface area contributed by atoms with Crippen LogP contribution in [-0.4, -0.2) is 47.4 Å². The number of rotatable bonds is 9. The van der Waals surface area contributed by atoms with Crippen LogP contribution in [0.15, 0.2) is 48.5 Å². The van der Waals surface area contributed by atoms with Gasteiger partial charge in [-0.25, -0.2) is 4.79 Å². The smallest absolute Gasteiger partial charge is 0.326 e. The van der Waals surface area contributed by atoms with Crippen molar-refractivity contribution in [3.63, 3.8) is 0 Å². The first-order chi connectivity index (χ1) is 14.8. The number of hydrogen-bond donors (Lipinski definition) is 5. The van der Waals surface area contributed by atoms with E-state index in [1.54, 1.807) is 6.07 Å². The molecule has 0 radical (unpaired) electrons. The Balaban J connectivity index is 1.83. The third-order valence-electron chi connectivity index (χ3n) is 5.41. The van der Waals surface area contributed by atoms with Crippen molar-refractivity contribution in [2.75, 3.05) is 18.4 Å². The number of hydrogen-bond acceptors (Lipinski definition) is 5. The zero-order chi connectivity index (χ0) is 22.4. The molecule has 1 aliphatic heterocycles. The highest BCUT2D eigenvalue weighted by Crippen LogP contribution is 2.28. The third-order valence-corrected chi connectivity index (χ3v) is 5.80. The van der Waals surface area contributed by atoms with Gasteiger partial charge in [-0.05, 0) is 48.1 Å². The highest BCUT2D eigenvalue weighted by atomic mass is 32.1. The summed E-state index contributed by atoms with van der Waals surface area (Å²) in [6.45, 7) is 5.55. The predicted octanol–water partition coefficient (Wildman–Crippen LogP) is 3.65. The van der Waals surface area contributed by atoms with Gasteiger partial charge in [0.05, 0.1) is 0 Å². The SMILES string of the molecule is CC(C)C[C@H](NC(=O)c1ccc(NCC2CC(S)CN2)cc1-c1ccccc1)C(=O)O. The molecule has 31 heavy (non-hydrogen) atoms. The van der Waals surface area contributed by atoms with Crippen LogP contribution in [-0.2, 0) is 4.79 Å². The summed E-state index contributed by atoms with van der Waals surface area (Å²) in [5.41, 5.74) is 3.04. The first kappa shape index (κ1) is 23.2. The summed E-state index contributed by atoms with van der Waals surface area (Å²) in [4.78, 5) is 24.6. The molecule has 1 saturated heterocycles. The number of thiol groups is 1. The Kier molecular flexibility index (Phi) is 7.98. The molecule has 3 rings (SSSR count). The normalized spacial score (nSPS) is 19.2. The molecule has 1 amide bonds. The quantitative estimate of drug-likeness (QED) is 0.383. The molecule has 166 valence electrons. The molecule has 0 bridgehead atoms. The summed E-state index contributed by atoms with van der Waals surface area (Å²) in [5, 5.41) is 19.5. The Morgan fingerprint density at radius 3 is 2.55 bits per heavy atom. The van der Waals surface area contributed by atoms with Crippen LogP contribution in [0.5, 0.6) is 0 Å². The fourth-order valence-corrected chi connectivity index (χ4v) is 4.19. The van der Waals surface area contributed by atoms with E-state index in [1.165, 1.54) is 0 Å². The van der Waals surface area contributed by atoms with Crippen molar-refractivity contribution in [1.82, 2.24) is 10.6 Å². The number of benzene rings is 2. The van der Waals surface area contributed by atoms with Crippen LogP contribution in [0.25, 0.3) is 11.1 Å². The highest BCUT2D eigenvalue weighted by Gasteiger charge is 2.24. The average molecular weight is 442 g/mol. The molecule has 4 N–H and O–H groups in total. The summed E-state index contributed by atoms with van der Waals surface area (Å²) in [7, 11) is 0. The van der Waals surface area contributed by atoms with Gasteiger partial charge in [0.25, 0.3) is 5.91 Å². The highest BCUT2D eigenvalue weighted by molar-refractivity contribution is 7.81. The molecule has 7 heteroatoms. The molecule has 1 heterocycles. The van der Waals surface area contributed by atoms with E-state index in [2.05, 4.69) is 28.6 Å². The van der Waals surface area contributed by atoms with E-state index >= 15 is 0 Å². The van der Waals surface area contributed by atoms with Crippen LogP contribution in [0.2, 0.25) is 0 Å². The molecule has 2 aromatic carbocycles. The lowest BCUT2D eigenvalue weighted by atomic mass is 9.97. The van der Waals surface area contributed by atoms with Crippen LogP contribution in [0.1, 0.15) is 37.0 Å². The predicted molar refractivity (Wildman–Crippen MR) is 128 cm³/mol. The van der Waals surface area contributed by atoms with E-state index < -0.39 is 12.0 Å². The summed E-state index contributed by atoms with van der Waals surface area (Å²) in [5.74, 6) is -1.25. The van der Waals surface area contributed by atoms with E-state index in [1.807, 2.05) is 56.3 Å². The second-order valence-electron chi connectivity index (χ2n) is 8.50. The first-order valence-electron chi connectivity index (χ1n) is 10.7. The van der Waals surface area contributed by atoms with Gasteiger partial charge in [-0.3, -0.25) is 4.79 Å². The lowest BCUT2D eigenvalue weighted by Gasteiger charge is -2.19. The maximum atomic E-state index is 13.0. The molecule has 0 spiro atoms. The zero-order valence-electron chi connectivity index (χ0n) is 18.0. The van der Waals surface area contributed by atoms with Crippen molar-refractivity contribution >= 4 is 30.2 Å². The minimum atomic E-state index is -1.02. The standard InChI is InChI=1S/C24H31N3O3S/c1-15(2)10-22(24(29)30)27-23(28)20-9-8-17(25-13-18-11-19(31)14-26-18)12-21(20)16-6-4-3-5-7-16/h3-9,12,15,18-19,22,25-26,31H,10-11,13-14H2,1-2H3,(H,27,28)(H,29,30)/t18?,19?,22-/m0/s1. The number of amides is 1. The number of carboxylic acid groups (broad SMARTS) is 1. The summed E-state index contributed by atoms with van der Waals surface area (Å²) in [6.07, 6.45) is 1.39. The monoisotopic (exact) mass is 441 g/mol. The number of aliphatic carboxylic acids is 1. The molecular weight excluding hydrogens is 410 g/mol. The topological polar surface area (TPSA) is 90.5 Å². The van der Waals surface area contributed by atoms with Gasteiger partial charge in [-0.15, -0.1) is 0 Å². The summed E-state index contributed by atoms with van der Waals surface area (Å²) < 4.78 is 0. The van der Waals surface area contributed by atoms with Crippen LogP contribution in [0.4, 0.5) is 5.69 Å². The fraction of sp³-hybridized carbons (Fsp3) is 0.417. The molecule has 1 fully saturated rings. The Morgan fingerprint density at radius 1 is 1.19 bits per heavy atom. The number of carbonyl (C=O) groups excluding carboxylic acids is 1. The Bertz CT molecular complexity index is 904. The van der Waals surface area contributed by atoms with Crippen LogP contribution >= 0.6 is 12.6 Å². The maximum absolute atomic E-state index is 13.0. The van der Waals surface area contributed by atoms with Crippen molar-refractivity contribution in [3.8, 4) is 11.1 Å². The first-order valence-corrected chi connectivity index (χ1v) is 11.2. The molecule has 2 aromatic rings. The van der Waals surface area contributed by atoms with Gasteiger partial charge in [-0.1, -0.05) is 44.2 Å². The van der Waals surface area contributed by atoms with Crippen molar-refractivity contribution in [3.05, 3.63) is 54.1 Å². The van der Waals surface area contributed by atoms with Gasteiger partial charge < -0.3 is 21.1 Å². The minimum Gasteiger partial charge on any atom is -0.480 e. The minimum absolute atomic E-state index is 0.155. The third kappa shape index (κ3) is 6.48. The van der Waals surface area contributed by atoms with Gasteiger partial charge >= 0.3 is 5.97 Å². The van der Waals surface area contributed by atoms with Gasteiger partial charge in [0, 0.05) is 35.6 Å². The molecule has 1 aliphatic rings. The largest absolute Gasteiger partial charge is 0.480 e. The van der Waals surface area contributed by atoms with Crippen molar-refractivity contribution < 1.29 is 14.7 Å². The number of carbonyl (C=O) groups is 2. The molecule has 0 aliphatic carbocycles. The second-order valence-corrected chi connectivity index (χ2v) is 9.23. The number of carboxylic acids is 1. The van der Waals surface area contributed by atoms with Gasteiger partial charge in [-0.2, -0.15) is 12.6 Å². The van der Waals surface area contributed by atoms with E-state index in [0.29, 0.717) is 23.3 Å². The van der Waals surface area contributed by atoms with Gasteiger partial charge in [0.15, 0.2) is 0 Å². The van der Waals surface area contributed by atoms with Crippen molar-refractivity contribution in [1.29, 1.82) is 0 Å².